The van der Waals surface area contributed by atoms with Crippen molar-refractivity contribution in [2.24, 2.45) is 0 Å². The average Bonchev–Trinajstić information content (AvgIpc) is 3.19. The SMILES string of the molecule is O=C(O)c1ccc(-c2ncc(N(c3ccccc3)c3ccccc3)s2)cc1.[Li+]. The topological polar surface area (TPSA) is 53.4 Å². The number of carbonyl (C=O) groups is 1. The molecular formula is C22H16LiN2O2S+. The zero-order chi connectivity index (χ0) is 18.6. The maximum Gasteiger partial charge on any atom is 1.00 e. The number of hydrogen-bond donors (Lipinski definition) is 1. The number of aromatic nitrogens is 1. The van der Waals surface area contributed by atoms with Gasteiger partial charge in [-0.2, -0.15) is 0 Å². The Bertz CT molecular complexity index is 1010. The number of anilines is 3. The number of benzene rings is 3. The van der Waals surface area contributed by atoms with Crippen LogP contribution < -0.4 is 23.8 Å². The van der Waals surface area contributed by atoms with Crippen molar-refractivity contribution in [1.29, 1.82) is 0 Å². The number of carboxylic acid groups (broad SMARTS) is 1. The molecule has 0 saturated heterocycles. The van der Waals surface area contributed by atoms with Crippen LogP contribution in [0.2, 0.25) is 0 Å². The molecular weight excluding hydrogens is 363 g/mol. The number of aromatic carboxylic acids is 1. The minimum absolute atomic E-state index is 0. The molecule has 4 rings (SSSR count). The van der Waals surface area contributed by atoms with E-state index in [-0.39, 0.29) is 24.4 Å². The number of thiazole rings is 1. The molecule has 0 aliphatic carbocycles. The fraction of sp³-hybridized carbons (Fsp3) is 0. The standard InChI is InChI=1S/C22H16N2O2S.Li/c25-22(26)17-13-11-16(12-14-17)21-23-15-20(27-21)24(18-7-3-1-4-8-18)19-9-5-2-6-10-19;/h1-15H,(H,25,26);/q;+1. The third kappa shape index (κ3) is 4.18. The second-order valence-corrected chi connectivity index (χ2v) is 6.90. The fourth-order valence-corrected chi connectivity index (χ4v) is 3.78. The van der Waals surface area contributed by atoms with Crippen LogP contribution in [0.25, 0.3) is 10.6 Å². The van der Waals surface area contributed by atoms with E-state index in [0.29, 0.717) is 0 Å². The van der Waals surface area contributed by atoms with Crippen molar-refractivity contribution in [3.05, 3.63) is 96.7 Å². The molecule has 132 valence electrons. The van der Waals surface area contributed by atoms with Crippen LogP contribution in [-0.2, 0) is 0 Å². The Labute approximate surface area is 179 Å². The molecule has 3 aromatic carbocycles. The first-order valence-electron chi connectivity index (χ1n) is 8.42. The first-order valence-corrected chi connectivity index (χ1v) is 9.24. The first-order chi connectivity index (χ1) is 13.2. The first kappa shape index (κ1) is 19.9. The number of para-hydroxylation sites is 2. The van der Waals surface area contributed by atoms with Crippen LogP contribution in [0.5, 0.6) is 0 Å². The normalized spacial score (nSPS) is 10.1. The number of rotatable bonds is 5. The summed E-state index contributed by atoms with van der Waals surface area (Å²) in [5.74, 6) is -0.930. The Kier molecular flexibility index (Phi) is 6.33. The summed E-state index contributed by atoms with van der Waals surface area (Å²) in [6.07, 6.45) is 1.85. The van der Waals surface area contributed by atoms with Gasteiger partial charge in [-0.05, 0) is 36.4 Å². The Morgan fingerprint density at radius 2 is 1.36 bits per heavy atom. The van der Waals surface area contributed by atoms with Crippen molar-refractivity contribution in [2.45, 2.75) is 0 Å². The number of nitrogens with zero attached hydrogens (tertiary/aromatic N) is 2. The third-order valence-corrected chi connectivity index (χ3v) is 5.15. The van der Waals surface area contributed by atoms with Crippen LogP contribution in [0.3, 0.4) is 0 Å². The maximum atomic E-state index is 11.0. The van der Waals surface area contributed by atoms with Crippen LogP contribution in [0.1, 0.15) is 10.4 Å². The van der Waals surface area contributed by atoms with Gasteiger partial charge < -0.3 is 10.0 Å². The van der Waals surface area contributed by atoms with Crippen molar-refractivity contribution in [2.75, 3.05) is 4.90 Å². The summed E-state index contributed by atoms with van der Waals surface area (Å²) < 4.78 is 0. The largest absolute Gasteiger partial charge is 1.00 e. The van der Waals surface area contributed by atoms with Crippen LogP contribution in [-0.4, -0.2) is 16.1 Å². The van der Waals surface area contributed by atoms with Crippen molar-refractivity contribution < 1.29 is 28.8 Å². The summed E-state index contributed by atoms with van der Waals surface area (Å²) in [5.41, 5.74) is 3.28. The van der Waals surface area contributed by atoms with Crippen LogP contribution in [0.15, 0.2) is 91.1 Å². The maximum absolute atomic E-state index is 11.0. The molecule has 0 aliphatic heterocycles. The fourth-order valence-electron chi connectivity index (χ4n) is 2.82. The Hall–Kier alpha value is -2.84. The van der Waals surface area contributed by atoms with Crippen molar-refractivity contribution in [3.8, 4) is 10.6 Å². The van der Waals surface area contributed by atoms with E-state index in [4.69, 9.17) is 5.11 Å². The van der Waals surface area contributed by atoms with Crippen molar-refractivity contribution in [1.82, 2.24) is 4.98 Å². The van der Waals surface area contributed by atoms with E-state index in [0.717, 1.165) is 26.9 Å². The minimum atomic E-state index is -0.930. The molecule has 28 heavy (non-hydrogen) atoms. The van der Waals surface area contributed by atoms with Crippen molar-refractivity contribution in [3.63, 3.8) is 0 Å². The predicted octanol–water partition coefficient (Wildman–Crippen LogP) is 2.98. The van der Waals surface area contributed by atoms with Gasteiger partial charge in [0.25, 0.3) is 0 Å². The van der Waals surface area contributed by atoms with E-state index in [9.17, 15) is 4.79 Å². The Balaban J connectivity index is 0.00000225. The van der Waals surface area contributed by atoms with Gasteiger partial charge in [-0.3, -0.25) is 0 Å². The molecule has 1 heterocycles. The molecule has 0 radical (unpaired) electrons. The molecule has 0 atom stereocenters. The van der Waals surface area contributed by atoms with E-state index < -0.39 is 5.97 Å². The van der Waals surface area contributed by atoms with Crippen LogP contribution >= 0.6 is 11.3 Å². The van der Waals surface area contributed by atoms with E-state index >= 15 is 0 Å². The Morgan fingerprint density at radius 1 is 0.821 bits per heavy atom. The van der Waals surface area contributed by atoms with Gasteiger partial charge >= 0.3 is 24.8 Å². The van der Waals surface area contributed by atoms with Gasteiger partial charge in [0.05, 0.1) is 11.8 Å². The molecule has 0 unspecified atom stereocenters. The molecule has 0 fully saturated rings. The third-order valence-electron chi connectivity index (χ3n) is 4.12. The molecule has 0 aliphatic rings. The van der Waals surface area contributed by atoms with E-state index in [2.05, 4.69) is 34.1 Å². The van der Waals surface area contributed by atoms with E-state index in [1.165, 1.54) is 0 Å². The summed E-state index contributed by atoms with van der Waals surface area (Å²) in [6.45, 7) is 0. The smallest absolute Gasteiger partial charge is 0.478 e. The zero-order valence-electron chi connectivity index (χ0n) is 15.3. The molecule has 4 nitrogen and oxygen atoms in total. The molecule has 0 saturated carbocycles. The monoisotopic (exact) mass is 379 g/mol. The van der Waals surface area contributed by atoms with Gasteiger partial charge in [0.15, 0.2) is 0 Å². The zero-order valence-corrected chi connectivity index (χ0v) is 16.1. The van der Waals surface area contributed by atoms with Gasteiger partial charge in [-0.1, -0.05) is 59.9 Å². The second-order valence-electron chi connectivity index (χ2n) is 5.89. The molecule has 1 N–H and O–H groups in total. The van der Waals surface area contributed by atoms with Crippen molar-refractivity contribution >= 4 is 33.7 Å². The molecule has 6 heteroatoms. The van der Waals surface area contributed by atoms with Gasteiger partial charge in [-0.15, -0.1) is 0 Å². The summed E-state index contributed by atoms with van der Waals surface area (Å²) in [4.78, 5) is 17.8. The molecule has 0 spiro atoms. The molecule has 4 aromatic rings. The average molecular weight is 379 g/mol. The Morgan fingerprint density at radius 3 is 1.86 bits per heavy atom. The minimum Gasteiger partial charge on any atom is -0.478 e. The van der Waals surface area contributed by atoms with Gasteiger partial charge in [0.2, 0.25) is 0 Å². The summed E-state index contributed by atoms with van der Waals surface area (Å²) >= 11 is 1.57. The molecule has 1 aromatic heterocycles. The summed E-state index contributed by atoms with van der Waals surface area (Å²) in [5, 5.41) is 10.9. The number of hydrogen-bond acceptors (Lipinski definition) is 4. The predicted molar refractivity (Wildman–Crippen MR) is 109 cm³/mol. The van der Waals surface area contributed by atoms with Crippen LogP contribution in [0, 0.1) is 0 Å². The number of carboxylic acids is 1. The van der Waals surface area contributed by atoms with Gasteiger partial charge in [0.1, 0.15) is 10.0 Å². The van der Waals surface area contributed by atoms with E-state index in [1.807, 2.05) is 42.6 Å². The second kappa shape index (κ2) is 8.90. The molecule has 0 amide bonds. The van der Waals surface area contributed by atoms with Gasteiger partial charge in [-0.25, -0.2) is 9.78 Å². The summed E-state index contributed by atoms with van der Waals surface area (Å²) in [7, 11) is 0. The van der Waals surface area contributed by atoms with E-state index in [1.54, 1.807) is 35.6 Å². The summed E-state index contributed by atoms with van der Waals surface area (Å²) in [6, 6.07) is 27.1. The van der Waals surface area contributed by atoms with Crippen LogP contribution in [0.4, 0.5) is 16.4 Å². The van der Waals surface area contributed by atoms with Gasteiger partial charge in [0, 0.05) is 16.9 Å². The quantitative estimate of drug-likeness (QED) is 0.542. The molecule has 0 bridgehead atoms.